The number of anilines is 2. The molecule has 7 nitrogen and oxygen atoms in total. The van der Waals surface area contributed by atoms with Gasteiger partial charge in [0.2, 0.25) is 0 Å². The van der Waals surface area contributed by atoms with E-state index < -0.39 is 35.3 Å². The lowest BCUT2D eigenvalue weighted by molar-refractivity contribution is -0.384. The van der Waals surface area contributed by atoms with E-state index in [0.717, 1.165) is 18.2 Å². The molecular formula is C18H17F4N3O4S. The van der Waals surface area contributed by atoms with Gasteiger partial charge in [-0.3, -0.25) is 10.1 Å². The van der Waals surface area contributed by atoms with Crippen molar-refractivity contribution in [3.05, 3.63) is 52.6 Å². The summed E-state index contributed by atoms with van der Waals surface area (Å²) in [6, 6.07) is 9.93. The number of nitrogens with zero attached hydrogens (tertiary/aromatic N) is 1. The molecule has 0 radical (unpaired) electrons. The van der Waals surface area contributed by atoms with Crippen molar-refractivity contribution in [2.24, 2.45) is 0 Å². The van der Waals surface area contributed by atoms with Crippen LogP contribution in [0.2, 0.25) is 0 Å². The quantitative estimate of drug-likeness (QED) is 0.240. The molecular weight excluding hydrogens is 430 g/mol. The first-order valence-electron chi connectivity index (χ1n) is 8.50. The molecule has 0 aliphatic rings. The van der Waals surface area contributed by atoms with Crippen molar-refractivity contribution in [2.45, 2.75) is 19.3 Å². The summed E-state index contributed by atoms with van der Waals surface area (Å²) in [4.78, 5) is 10.3. The van der Waals surface area contributed by atoms with Crippen LogP contribution in [0.15, 0.2) is 42.5 Å². The van der Waals surface area contributed by atoms with Crippen molar-refractivity contribution in [3.8, 4) is 11.5 Å². The lowest BCUT2D eigenvalue weighted by atomic mass is 10.2. The van der Waals surface area contributed by atoms with Gasteiger partial charge >= 0.3 is 12.3 Å². The summed E-state index contributed by atoms with van der Waals surface area (Å²) < 4.78 is 60.8. The highest BCUT2D eigenvalue weighted by atomic mass is 32.1. The Balaban J connectivity index is 2.17. The second-order valence-corrected chi connectivity index (χ2v) is 6.24. The number of non-ortho nitro benzene ring substituents is 1. The van der Waals surface area contributed by atoms with Crippen LogP contribution in [0.4, 0.5) is 34.6 Å². The van der Waals surface area contributed by atoms with Gasteiger partial charge in [-0.05, 0) is 31.3 Å². The fraction of sp³-hybridized carbons (Fsp3) is 0.278. The number of hydrogen-bond acceptors (Lipinski definition) is 5. The predicted molar refractivity (Wildman–Crippen MR) is 107 cm³/mol. The van der Waals surface area contributed by atoms with Gasteiger partial charge < -0.3 is 20.1 Å². The zero-order valence-corrected chi connectivity index (χ0v) is 16.3. The molecule has 0 amide bonds. The molecule has 2 N–H and O–H groups in total. The zero-order valence-electron chi connectivity index (χ0n) is 15.5. The Morgan fingerprint density at radius 1 is 1.20 bits per heavy atom. The van der Waals surface area contributed by atoms with Crippen LogP contribution >= 0.6 is 12.2 Å². The number of para-hydroxylation sites is 2. The molecule has 2 aromatic rings. The molecule has 0 unspecified atom stereocenters. The molecule has 0 spiro atoms. The van der Waals surface area contributed by atoms with Crippen molar-refractivity contribution in [1.82, 2.24) is 0 Å². The van der Waals surface area contributed by atoms with E-state index in [1.54, 1.807) is 31.2 Å². The highest BCUT2D eigenvalue weighted by Crippen LogP contribution is 2.30. The summed E-state index contributed by atoms with van der Waals surface area (Å²) in [5.74, 6) is -4.29. The number of benzene rings is 2. The highest BCUT2D eigenvalue weighted by Gasteiger charge is 2.41. The normalized spacial score (nSPS) is 11.1. The molecule has 30 heavy (non-hydrogen) atoms. The van der Waals surface area contributed by atoms with Crippen LogP contribution in [0, 0.1) is 10.1 Å². The topological polar surface area (TPSA) is 85.7 Å². The minimum atomic E-state index is -4.40. The van der Waals surface area contributed by atoms with Crippen LogP contribution in [0.1, 0.15) is 6.92 Å². The number of hydrogen-bond donors (Lipinski definition) is 2. The summed E-state index contributed by atoms with van der Waals surface area (Å²) in [5, 5.41) is 16.6. The Bertz CT molecular complexity index is 915. The van der Waals surface area contributed by atoms with Crippen molar-refractivity contribution in [2.75, 3.05) is 23.8 Å². The predicted octanol–water partition coefficient (Wildman–Crippen LogP) is 5.08. The fourth-order valence-corrected chi connectivity index (χ4v) is 2.45. The number of thiocarbonyl (C=S) groups is 1. The van der Waals surface area contributed by atoms with Crippen molar-refractivity contribution in [1.29, 1.82) is 0 Å². The Kier molecular flexibility index (Phi) is 7.75. The number of ether oxygens (including phenoxy) is 2. The van der Waals surface area contributed by atoms with Crippen LogP contribution in [-0.4, -0.2) is 35.6 Å². The smallest absolute Gasteiger partial charge is 0.340 e. The van der Waals surface area contributed by atoms with Crippen LogP contribution < -0.4 is 20.1 Å². The third kappa shape index (κ3) is 6.44. The maximum Gasteiger partial charge on any atom is 0.340 e. The summed E-state index contributed by atoms with van der Waals surface area (Å²) in [6.07, 6.45) is -3.93. The van der Waals surface area contributed by atoms with E-state index in [1.165, 1.54) is 0 Å². The molecule has 0 saturated heterocycles. The van der Waals surface area contributed by atoms with Gasteiger partial charge in [0, 0.05) is 12.1 Å². The molecule has 2 aromatic carbocycles. The Hall–Kier alpha value is -3.15. The third-order valence-electron chi connectivity index (χ3n) is 3.55. The van der Waals surface area contributed by atoms with E-state index in [2.05, 4.69) is 15.4 Å². The summed E-state index contributed by atoms with van der Waals surface area (Å²) in [7, 11) is 0. The number of nitro benzene ring substituents is 1. The van der Waals surface area contributed by atoms with E-state index in [9.17, 15) is 27.7 Å². The number of halogens is 4. The van der Waals surface area contributed by atoms with Gasteiger partial charge in [-0.25, -0.2) is 8.78 Å². The van der Waals surface area contributed by atoms with Crippen LogP contribution in [0.3, 0.4) is 0 Å². The number of nitro groups is 1. The first-order chi connectivity index (χ1) is 14.1. The second kappa shape index (κ2) is 10.1. The minimum Gasteiger partial charge on any atom is -0.492 e. The van der Waals surface area contributed by atoms with Gasteiger partial charge in [0.15, 0.2) is 11.7 Å². The average Bonchev–Trinajstić information content (AvgIpc) is 2.68. The molecule has 0 aromatic heterocycles. The number of alkyl halides is 4. The monoisotopic (exact) mass is 447 g/mol. The van der Waals surface area contributed by atoms with Gasteiger partial charge in [0.05, 0.1) is 29.0 Å². The number of rotatable bonds is 9. The van der Waals surface area contributed by atoms with Crippen molar-refractivity contribution in [3.63, 3.8) is 0 Å². The first-order valence-corrected chi connectivity index (χ1v) is 8.91. The van der Waals surface area contributed by atoms with Crippen LogP contribution in [0.25, 0.3) is 0 Å². The maximum atomic E-state index is 13.1. The van der Waals surface area contributed by atoms with Gasteiger partial charge in [-0.2, -0.15) is 8.78 Å². The summed E-state index contributed by atoms with van der Waals surface area (Å²) in [5.41, 5.74) is 0.0502. The Morgan fingerprint density at radius 2 is 1.90 bits per heavy atom. The summed E-state index contributed by atoms with van der Waals surface area (Å²) in [6.45, 7) is 0.568. The van der Waals surface area contributed by atoms with Gasteiger partial charge in [-0.1, -0.05) is 12.1 Å². The lowest BCUT2D eigenvalue weighted by Gasteiger charge is -2.17. The minimum absolute atomic E-state index is 0.0199. The van der Waals surface area contributed by atoms with E-state index in [-0.39, 0.29) is 10.8 Å². The third-order valence-corrected chi connectivity index (χ3v) is 3.75. The second-order valence-electron chi connectivity index (χ2n) is 5.83. The molecule has 12 heteroatoms. The van der Waals surface area contributed by atoms with Crippen LogP contribution in [-0.2, 0) is 0 Å². The van der Waals surface area contributed by atoms with E-state index in [4.69, 9.17) is 17.0 Å². The molecule has 0 fully saturated rings. The summed E-state index contributed by atoms with van der Waals surface area (Å²) >= 11 is 5.16. The highest BCUT2D eigenvalue weighted by molar-refractivity contribution is 7.80. The van der Waals surface area contributed by atoms with Gasteiger partial charge in [0.1, 0.15) is 11.5 Å². The first kappa shape index (κ1) is 23.1. The largest absolute Gasteiger partial charge is 0.492 e. The fourth-order valence-electron chi connectivity index (χ4n) is 2.22. The molecule has 0 bridgehead atoms. The molecule has 0 aliphatic heterocycles. The van der Waals surface area contributed by atoms with Gasteiger partial charge in [0.25, 0.3) is 5.69 Å². The SMILES string of the molecule is CCOc1ccccc1NC(=S)Nc1cc(OCC(F)(F)C(F)F)cc([N+](=O)[O-])c1. The van der Waals surface area contributed by atoms with Crippen LogP contribution in [0.5, 0.6) is 11.5 Å². The van der Waals surface area contributed by atoms with Crippen molar-refractivity contribution < 1.29 is 32.0 Å². The Morgan fingerprint density at radius 3 is 2.53 bits per heavy atom. The maximum absolute atomic E-state index is 13.1. The molecule has 0 atom stereocenters. The molecule has 2 rings (SSSR count). The standard InChI is InChI=1S/C18H17F4N3O4S/c1-2-28-15-6-4-3-5-14(15)24-17(30)23-11-7-12(25(26)27)9-13(8-11)29-10-18(21,22)16(19)20/h3-9,16H,2,10H2,1H3,(H2,23,24,30). The lowest BCUT2D eigenvalue weighted by Crippen LogP contribution is -2.33. The van der Waals surface area contributed by atoms with Crippen molar-refractivity contribution >= 4 is 34.4 Å². The molecule has 0 saturated carbocycles. The molecule has 162 valence electrons. The molecule has 0 heterocycles. The van der Waals surface area contributed by atoms with Gasteiger partial charge in [-0.15, -0.1) is 0 Å². The van der Waals surface area contributed by atoms with E-state index in [1.807, 2.05) is 0 Å². The zero-order chi connectivity index (χ0) is 22.3. The van der Waals surface area contributed by atoms with E-state index in [0.29, 0.717) is 18.0 Å². The number of nitrogens with one attached hydrogen (secondary N) is 2. The Labute approximate surface area is 174 Å². The van der Waals surface area contributed by atoms with E-state index >= 15 is 0 Å². The average molecular weight is 447 g/mol. The molecule has 0 aliphatic carbocycles.